The van der Waals surface area contributed by atoms with E-state index in [9.17, 15) is 4.79 Å². The number of hydrogen-bond acceptors (Lipinski definition) is 4. The van der Waals surface area contributed by atoms with E-state index in [1.54, 1.807) is 0 Å². The van der Waals surface area contributed by atoms with Crippen LogP contribution in [0.2, 0.25) is 0 Å². The van der Waals surface area contributed by atoms with Gasteiger partial charge >= 0.3 is 0 Å². The average molecular weight is 387 g/mol. The smallest absolute Gasteiger partial charge is 0.226 e. The van der Waals surface area contributed by atoms with Crippen molar-refractivity contribution in [3.63, 3.8) is 0 Å². The highest BCUT2D eigenvalue weighted by Gasteiger charge is 2.32. The molecule has 1 fully saturated rings. The Morgan fingerprint density at radius 2 is 1.69 bits per heavy atom. The van der Waals surface area contributed by atoms with Crippen molar-refractivity contribution in [3.8, 4) is 11.3 Å². The van der Waals surface area contributed by atoms with Gasteiger partial charge in [-0.1, -0.05) is 42.5 Å². The third-order valence-corrected chi connectivity index (χ3v) is 6.03. The van der Waals surface area contributed by atoms with E-state index in [2.05, 4.69) is 68.8 Å². The second-order valence-electron chi connectivity index (χ2n) is 7.91. The molecule has 2 N–H and O–H groups in total. The lowest BCUT2D eigenvalue weighted by atomic mass is 9.84. The van der Waals surface area contributed by atoms with E-state index in [1.807, 2.05) is 18.2 Å². The first-order chi connectivity index (χ1) is 14.2. The topological polar surface area (TPSA) is 64.3 Å². The highest BCUT2D eigenvalue weighted by molar-refractivity contribution is 5.96. The van der Waals surface area contributed by atoms with E-state index in [4.69, 9.17) is 0 Å². The van der Waals surface area contributed by atoms with Crippen LogP contribution in [0.5, 0.6) is 0 Å². The summed E-state index contributed by atoms with van der Waals surface area (Å²) in [6, 6.07) is 18.9. The molecule has 1 amide bonds. The molecule has 1 saturated heterocycles. The van der Waals surface area contributed by atoms with Crippen molar-refractivity contribution in [2.24, 2.45) is 0 Å². The van der Waals surface area contributed by atoms with Gasteiger partial charge in [0.2, 0.25) is 5.91 Å². The summed E-state index contributed by atoms with van der Waals surface area (Å²) in [7, 11) is 2.17. The Morgan fingerprint density at radius 3 is 2.41 bits per heavy atom. The minimum absolute atomic E-state index is 0.00533. The van der Waals surface area contributed by atoms with E-state index < -0.39 is 0 Å². The van der Waals surface area contributed by atoms with Gasteiger partial charge in [-0.05, 0) is 30.3 Å². The van der Waals surface area contributed by atoms with Gasteiger partial charge in [0.05, 0.1) is 5.69 Å². The minimum Gasteiger partial charge on any atom is -0.369 e. The van der Waals surface area contributed by atoms with Gasteiger partial charge in [0.25, 0.3) is 0 Å². The van der Waals surface area contributed by atoms with Crippen LogP contribution in [-0.4, -0.2) is 54.2 Å². The normalized spacial score (nSPS) is 19.7. The van der Waals surface area contributed by atoms with Gasteiger partial charge in [0, 0.05) is 49.8 Å². The summed E-state index contributed by atoms with van der Waals surface area (Å²) in [5, 5.41) is 10.5. The zero-order chi connectivity index (χ0) is 19.8. The summed E-state index contributed by atoms with van der Waals surface area (Å²) in [5.41, 5.74) is 5.53. The number of piperazine rings is 1. The lowest BCUT2D eigenvalue weighted by Gasteiger charge is -2.34. The van der Waals surface area contributed by atoms with Crippen LogP contribution in [0.25, 0.3) is 11.3 Å². The summed E-state index contributed by atoms with van der Waals surface area (Å²) in [6.07, 6.45) is 0.431. The number of nitrogens with one attached hydrogen (secondary N) is 2. The molecule has 0 saturated carbocycles. The fourth-order valence-corrected chi connectivity index (χ4v) is 4.35. The Kier molecular flexibility index (Phi) is 4.56. The first kappa shape index (κ1) is 17.9. The van der Waals surface area contributed by atoms with Crippen molar-refractivity contribution >= 4 is 17.4 Å². The number of amides is 1. The highest BCUT2D eigenvalue weighted by Crippen LogP contribution is 2.41. The molecule has 2 aromatic carbocycles. The standard InChI is InChI=1S/C23H25N5O/c1-27-11-13-28(14-12-27)18-9-7-16(8-10-18)19-15-20(29)24-23-21(19)22(25-26-23)17-5-3-2-4-6-17/h2-10,19H,11-15H2,1H3,(H2,24,25,26,29). The first-order valence-corrected chi connectivity index (χ1v) is 10.2. The van der Waals surface area contributed by atoms with E-state index >= 15 is 0 Å². The van der Waals surface area contributed by atoms with Gasteiger partial charge < -0.3 is 15.1 Å². The van der Waals surface area contributed by atoms with E-state index in [0.29, 0.717) is 12.2 Å². The summed E-state index contributed by atoms with van der Waals surface area (Å²) in [4.78, 5) is 17.1. The van der Waals surface area contributed by atoms with Crippen LogP contribution in [0.1, 0.15) is 23.5 Å². The number of carbonyl (C=O) groups is 1. The fourth-order valence-electron chi connectivity index (χ4n) is 4.35. The number of hydrogen-bond donors (Lipinski definition) is 2. The maximum atomic E-state index is 12.3. The third-order valence-electron chi connectivity index (χ3n) is 6.03. The van der Waals surface area contributed by atoms with Crippen molar-refractivity contribution < 1.29 is 4.79 Å². The molecule has 0 bridgehead atoms. The maximum absolute atomic E-state index is 12.3. The van der Waals surface area contributed by atoms with Crippen molar-refractivity contribution in [1.82, 2.24) is 15.1 Å². The second-order valence-corrected chi connectivity index (χ2v) is 7.91. The Morgan fingerprint density at radius 1 is 0.966 bits per heavy atom. The lowest BCUT2D eigenvalue weighted by Crippen LogP contribution is -2.44. The highest BCUT2D eigenvalue weighted by atomic mass is 16.1. The molecule has 1 atom stereocenters. The Labute approximate surface area is 170 Å². The summed E-state index contributed by atoms with van der Waals surface area (Å²) in [5.74, 6) is 0.652. The molecule has 6 heteroatoms. The van der Waals surface area contributed by atoms with E-state index in [0.717, 1.165) is 48.6 Å². The predicted molar refractivity (Wildman–Crippen MR) is 115 cm³/mol. The van der Waals surface area contributed by atoms with Gasteiger partial charge in [-0.15, -0.1) is 0 Å². The van der Waals surface area contributed by atoms with Crippen LogP contribution in [0, 0.1) is 0 Å². The van der Waals surface area contributed by atoms with Gasteiger partial charge in [-0.3, -0.25) is 9.89 Å². The summed E-state index contributed by atoms with van der Waals surface area (Å²) in [6.45, 7) is 4.27. The number of rotatable bonds is 3. The van der Waals surface area contributed by atoms with E-state index in [1.165, 1.54) is 5.69 Å². The monoisotopic (exact) mass is 387 g/mol. The molecule has 1 aromatic heterocycles. The zero-order valence-electron chi connectivity index (χ0n) is 16.6. The molecule has 5 rings (SSSR count). The van der Waals surface area contributed by atoms with Crippen molar-refractivity contribution in [2.45, 2.75) is 12.3 Å². The SMILES string of the molecule is CN1CCN(c2ccc(C3CC(=O)Nc4n[nH]c(-c5ccccc5)c43)cc2)CC1. The average Bonchev–Trinajstić information content (AvgIpc) is 3.18. The summed E-state index contributed by atoms with van der Waals surface area (Å²) >= 11 is 0. The number of aromatic nitrogens is 2. The Hall–Kier alpha value is -3.12. The quantitative estimate of drug-likeness (QED) is 0.724. The third kappa shape index (κ3) is 3.40. The van der Waals surface area contributed by atoms with Crippen LogP contribution in [0.15, 0.2) is 54.6 Å². The predicted octanol–water partition coefficient (Wildman–Crippen LogP) is 3.30. The van der Waals surface area contributed by atoms with Gasteiger partial charge in [0.15, 0.2) is 5.82 Å². The first-order valence-electron chi connectivity index (χ1n) is 10.2. The van der Waals surface area contributed by atoms with Crippen LogP contribution in [0.4, 0.5) is 11.5 Å². The van der Waals surface area contributed by atoms with Gasteiger partial charge in [-0.25, -0.2) is 0 Å². The Bertz CT molecular complexity index is 1000. The Balaban J connectivity index is 1.48. The van der Waals surface area contributed by atoms with Crippen molar-refractivity contribution in [2.75, 3.05) is 43.4 Å². The molecule has 2 aliphatic rings. The molecule has 3 aromatic rings. The molecule has 0 radical (unpaired) electrons. The molecular weight excluding hydrogens is 362 g/mol. The molecule has 148 valence electrons. The number of fused-ring (bicyclic) bond motifs is 1. The number of nitrogens with zero attached hydrogens (tertiary/aromatic N) is 3. The number of anilines is 2. The van der Waals surface area contributed by atoms with Crippen molar-refractivity contribution in [3.05, 3.63) is 65.7 Å². The van der Waals surface area contributed by atoms with E-state index in [-0.39, 0.29) is 11.8 Å². The van der Waals surface area contributed by atoms with Crippen LogP contribution in [-0.2, 0) is 4.79 Å². The maximum Gasteiger partial charge on any atom is 0.226 e. The molecule has 3 heterocycles. The molecule has 1 unspecified atom stereocenters. The van der Waals surface area contributed by atoms with Gasteiger partial charge in [-0.2, -0.15) is 5.10 Å². The molecule has 29 heavy (non-hydrogen) atoms. The number of benzene rings is 2. The van der Waals surface area contributed by atoms with Crippen LogP contribution in [0.3, 0.4) is 0 Å². The van der Waals surface area contributed by atoms with Crippen molar-refractivity contribution in [1.29, 1.82) is 0 Å². The van der Waals surface area contributed by atoms with Crippen LogP contribution < -0.4 is 10.2 Å². The number of carbonyl (C=O) groups excluding carboxylic acids is 1. The molecule has 6 nitrogen and oxygen atoms in total. The molecule has 0 spiro atoms. The number of H-pyrrole nitrogens is 1. The molecule has 0 aliphatic carbocycles. The fraction of sp³-hybridized carbons (Fsp3) is 0.304. The number of aromatic amines is 1. The minimum atomic E-state index is -0.00533. The van der Waals surface area contributed by atoms with Crippen LogP contribution >= 0.6 is 0 Å². The van der Waals surface area contributed by atoms with Gasteiger partial charge in [0.1, 0.15) is 0 Å². The summed E-state index contributed by atoms with van der Waals surface area (Å²) < 4.78 is 0. The lowest BCUT2D eigenvalue weighted by molar-refractivity contribution is -0.116. The molecule has 2 aliphatic heterocycles. The second kappa shape index (κ2) is 7.37. The number of likely N-dealkylation sites (N-methyl/N-ethyl adjacent to an activating group) is 1. The zero-order valence-corrected chi connectivity index (χ0v) is 16.6. The molecular formula is C23H25N5O. The largest absolute Gasteiger partial charge is 0.369 e.